The highest BCUT2D eigenvalue weighted by atomic mass is 32.2. The Hall–Kier alpha value is -3.52. The molecular formula is C38H55N3O4S. The molecule has 0 radical (unpaired) electrons. The van der Waals surface area contributed by atoms with E-state index in [1.165, 1.54) is 12.8 Å². The van der Waals surface area contributed by atoms with Crippen LogP contribution in [-0.2, 0) is 14.8 Å². The average molecular weight is 650 g/mol. The van der Waals surface area contributed by atoms with Crippen molar-refractivity contribution in [2.24, 2.45) is 5.41 Å². The van der Waals surface area contributed by atoms with Crippen molar-refractivity contribution in [2.75, 3.05) is 22.0 Å². The monoisotopic (exact) mass is 649 g/mol. The van der Waals surface area contributed by atoms with Gasteiger partial charge in [0, 0.05) is 11.1 Å². The molecule has 1 amide bonds. The maximum Gasteiger partial charge on any atom is 0.262 e. The lowest BCUT2D eigenvalue weighted by molar-refractivity contribution is -0.123. The number of hydrogen-bond acceptors (Lipinski definition) is 5. The van der Waals surface area contributed by atoms with Crippen LogP contribution in [0.5, 0.6) is 5.75 Å². The molecule has 0 heterocycles. The molecule has 0 bridgehead atoms. The van der Waals surface area contributed by atoms with Crippen molar-refractivity contribution in [3.63, 3.8) is 0 Å². The van der Waals surface area contributed by atoms with Crippen LogP contribution < -0.4 is 20.1 Å². The predicted octanol–water partition coefficient (Wildman–Crippen LogP) is 10.5. The van der Waals surface area contributed by atoms with Gasteiger partial charge in [-0.05, 0) is 83.3 Å². The van der Waals surface area contributed by atoms with E-state index in [2.05, 4.69) is 36.1 Å². The minimum atomic E-state index is -3.97. The van der Waals surface area contributed by atoms with Gasteiger partial charge < -0.3 is 15.4 Å². The zero-order valence-corrected chi connectivity index (χ0v) is 30.3. The summed E-state index contributed by atoms with van der Waals surface area (Å²) in [7, 11) is -3.97. The minimum Gasteiger partial charge on any atom is -0.494 e. The van der Waals surface area contributed by atoms with Crippen LogP contribution in [0.1, 0.15) is 129 Å². The number of sulfonamides is 1. The molecule has 8 heteroatoms. The first-order valence-corrected chi connectivity index (χ1v) is 18.2. The van der Waals surface area contributed by atoms with Crippen molar-refractivity contribution in [3.05, 3.63) is 71.3 Å². The van der Waals surface area contributed by atoms with Crippen LogP contribution in [0.3, 0.4) is 0 Å². The summed E-state index contributed by atoms with van der Waals surface area (Å²) in [5, 5.41) is 6.39. The Bertz CT molecular complexity index is 1540. The highest BCUT2D eigenvalue weighted by Crippen LogP contribution is 2.37. The Morgan fingerprint density at radius 3 is 1.87 bits per heavy atom. The van der Waals surface area contributed by atoms with Gasteiger partial charge in [0.05, 0.1) is 28.6 Å². The van der Waals surface area contributed by atoms with Gasteiger partial charge in [0.2, 0.25) is 5.91 Å². The summed E-state index contributed by atoms with van der Waals surface area (Å²) in [5.74, 6) is 0.905. The Morgan fingerprint density at radius 1 is 0.761 bits per heavy atom. The van der Waals surface area contributed by atoms with Crippen LogP contribution in [0.15, 0.2) is 59.5 Å². The normalized spacial score (nSPS) is 12.1. The van der Waals surface area contributed by atoms with E-state index in [1.54, 1.807) is 18.2 Å². The molecule has 7 nitrogen and oxygen atoms in total. The SMILES string of the molecule is CCCCCCOc1ccc(Nc2ccc(NS(=O)(=O)c3c(C(C)C)cc(C(C)C)cc3C(C)C)cc2NC(=O)C(C)(C)C)cc1. The van der Waals surface area contributed by atoms with Gasteiger partial charge in [-0.25, -0.2) is 8.42 Å². The molecule has 46 heavy (non-hydrogen) atoms. The molecule has 0 fully saturated rings. The van der Waals surface area contributed by atoms with E-state index in [0.29, 0.717) is 28.6 Å². The van der Waals surface area contributed by atoms with Gasteiger partial charge in [0.15, 0.2) is 0 Å². The Kier molecular flexibility index (Phi) is 12.7. The van der Waals surface area contributed by atoms with Crippen molar-refractivity contribution < 1.29 is 17.9 Å². The summed E-state index contributed by atoms with van der Waals surface area (Å²) in [6, 6.07) is 16.9. The maximum atomic E-state index is 14.1. The second kappa shape index (κ2) is 15.9. The van der Waals surface area contributed by atoms with Gasteiger partial charge in [-0.2, -0.15) is 0 Å². The highest BCUT2D eigenvalue weighted by molar-refractivity contribution is 7.92. The predicted molar refractivity (Wildman–Crippen MR) is 193 cm³/mol. The van der Waals surface area contributed by atoms with E-state index in [0.717, 1.165) is 41.0 Å². The summed E-state index contributed by atoms with van der Waals surface area (Å²) in [5.41, 5.74) is 4.36. The molecule has 0 saturated carbocycles. The first-order valence-electron chi connectivity index (χ1n) is 16.7. The first kappa shape index (κ1) is 36.9. The number of nitrogens with one attached hydrogen (secondary N) is 3. The minimum absolute atomic E-state index is 0.00818. The molecule has 3 aromatic carbocycles. The topological polar surface area (TPSA) is 96.5 Å². The van der Waals surface area contributed by atoms with E-state index in [4.69, 9.17) is 4.74 Å². The third-order valence-corrected chi connectivity index (χ3v) is 9.46. The Morgan fingerprint density at radius 2 is 1.35 bits per heavy atom. The van der Waals surface area contributed by atoms with Crippen molar-refractivity contribution in [1.82, 2.24) is 0 Å². The average Bonchev–Trinajstić information content (AvgIpc) is 2.97. The van der Waals surface area contributed by atoms with E-state index in [9.17, 15) is 13.2 Å². The Labute approximate surface area is 278 Å². The standard InChI is InChI=1S/C38H55N3O4S/c1-11-12-13-14-21-45-31-18-15-29(16-19-31)39-34-20-17-30(24-35(34)40-37(42)38(8,9)10)41-46(43,44)36-32(26(4)5)22-28(25(2)3)23-33(36)27(6)7/h15-20,22-27,39,41H,11-14,21H2,1-10H3,(H,40,42). The van der Waals surface area contributed by atoms with Crippen LogP contribution in [0.25, 0.3) is 0 Å². The zero-order chi connectivity index (χ0) is 34.2. The van der Waals surface area contributed by atoms with Crippen molar-refractivity contribution in [2.45, 2.75) is 118 Å². The van der Waals surface area contributed by atoms with E-state index in [1.807, 2.05) is 84.9 Å². The van der Waals surface area contributed by atoms with Crippen LogP contribution in [0.2, 0.25) is 0 Å². The second-order valence-electron chi connectivity index (χ2n) is 14.1. The number of anilines is 4. The largest absolute Gasteiger partial charge is 0.494 e. The number of unbranched alkanes of at least 4 members (excludes halogenated alkanes) is 3. The summed E-state index contributed by atoms with van der Waals surface area (Å²) >= 11 is 0. The smallest absolute Gasteiger partial charge is 0.262 e. The number of carbonyl (C=O) groups is 1. The van der Waals surface area contributed by atoms with Gasteiger partial charge >= 0.3 is 0 Å². The lowest BCUT2D eigenvalue weighted by atomic mass is 9.89. The highest BCUT2D eigenvalue weighted by Gasteiger charge is 2.28. The van der Waals surface area contributed by atoms with Crippen molar-refractivity contribution >= 4 is 38.7 Å². The lowest BCUT2D eigenvalue weighted by Crippen LogP contribution is -2.28. The van der Waals surface area contributed by atoms with Gasteiger partial charge in [-0.3, -0.25) is 9.52 Å². The molecule has 3 N–H and O–H groups in total. The molecule has 3 aromatic rings. The van der Waals surface area contributed by atoms with E-state index >= 15 is 0 Å². The number of amides is 1. The van der Waals surface area contributed by atoms with Gasteiger partial charge in [0.25, 0.3) is 10.0 Å². The van der Waals surface area contributed by atoms with Crippen LogP contribution in [0, 0.1) is 5.41 Å². The summed E-state index contributed by atoms with van der Waals surface area (Å²) in [4.78, 5) is 13.4. The molecule has 0 aromatic heterocycles. The number of ether oxygens (including phenoxy) is 1. The molecule has 0 saturated heterocycles. The molecule has 252 valence electrons. The number of benzene rings is 3. The third-order valence-electron chi connectivity index (χ3n) is 7.95. The molecule has 0 aliphatic carbocycles. The second-order valence-corrected chi connectivity index (χ2v) is 15.7. The molecule has 0 atom stereocenters. The number of hydrogen-bond donors (Lipinski definition) is 3. The van der Waals surface area contributed by atoms with Gasteiger partial charge in [0.1, 0.15) is 5.75 Å². The van der Waals surface area contributed by atoms with E-state index in [-0.39, 0.29) is 23.7 Å². The van der Waals surface area contributed by atoms with Crippen LogP contribution in [-0.4, -0.2) is 20.9 Å². The van der Waals surface area contributed by atoms with Crippen molar-refractivity contribution in [1.29, 1.82) is 0 Å². The third kappa shape index (κ3) is 9.99. The molecule has 0 unspecified atom stereocenters. The first-order chi connectivity index (χ1) is 21.5. The lowest BCUT2D eigenvalue weighted by Gasteiger charge is -2.24. The molecule has 3 rings (SSSR count). The summed E-state index contributed by atoms with van der Waals surface area (Å²) < 4.78 is 37.0. The molecular weight excluding hydrogens is 595 g/mol. The van der Waals surface area contributed by atoms with Gasteiger partial charge in [-0.15, -0.1) is 0 Å². The maximum absolute atomic E-state index is 14.1. The summed E-state index contributed by atoms with van der Waals surface area (Å²) in [6.07, 6.45) is 4.59. The van der Waals surface area contributed by atoms with Crippen LogP contribution in [0.4, 0.5) is 22.7 Å². The zero-order valence-electron chi connectivity index (χ0n) is 29.5. The van der Waals surface area contributed by atoms with Crippen molar-refractivity contribution in [3.8, 4) is 5.75 Å². The number of rotatable bonds is 15. The van der Waals surface area contributed by atoms with Crippen LogP contribution >= 0.6 is 0 Å². The molecule has 0 aliphatic heterocycles. The summed E-state index contributed by atoms with van der Waals surface area (Å²) in [6.45, 7) is 20.7. The fourth-order valence-electron chi connectivity index (χ4n) is 5.04. The molecule has 0 aliphatic rings. The molecule has 0 spiro atoms. The fraction of sp³-hybridized carbons (Fsp3) is 0.500. The van der Waals surface area contributed by atoms with E-state index < -0.39 is 15.4 Å². The Balaban J connectivity index is 1.96. The fourth-order valence-corrected chi connectivity index (χ4v) is 6.79. The number of carbonyl (C=O) groups excluding carboxylic acids is 1. The van der Waals surface area contributed by atoms with Gasteiger partial charge in [-0.1, -0.05) is 101 Å². The quantitative estimate of drug-likeness (QED) is 0.142.